The second kappa shape index (κ2) is 10.1. The van der Waals surface area contributed by atoms with Crippen LogP contribution in [0.25, 0.3) is 0 Å². The highest BCUT2D eigenvalue weighted by molar-refractivity contribution is 7.99. The van der Waals surface area contributed by atoms with Crippen molar-refractivity contribution in [3.8, 4) is 0 Å². The number of rotatable bonds is 9. The Labute approximate surface area is 131 Å². The lowest BCUT2D eigenvalue weighted by Gasteiger charge is -2.17. The minimum atomic E-state index is 0.108. The molecule has 3 nitrogen and oxygen atoms in total. The van der Waals surface area contributed by atoms with E-state index in [1.165, 1.54) is 5.56 Å². The van der Waals surface area contributed by atoms with Crippen LogP contribution in [0.15, 0.2) is 24.3 Å². The number of carbonyl (C=O) groups excluding carboxylic acids is 1. The summed E-state index contributed by atoms with van der Waals surface area (Å²) in [5.74, 6) is 1.44. The smallest absolute Gasteiger partial charge is 0.230 e. The molecule has 1 aromatic rings. The molecule has 1 rings (SSSR count). The van der Waals surface area contributed by atoms with Gasteiger partial charge in [-0.25, -0.2) is 0 Å². The predicted octanol–water partition coefficient (Wildman–Crippen LogP) is 3.03. The summed E-state index contributed by atoms with van der Waals surface area (Å²) in [6, 6.07) is 7.74. The molecule has 0 aliphatic carbocycles. The molecule has 0 unspecified atom stereocenters. The number of nitrogens with one attached hydrogen (secondary N) is 1. The van der Waals surface area contributed by atoms with Crippen molar-refractivity contribution in [1.82, 2.24) is 10.2 Å². The first-order chi connectivity index (χ1) is 9.65. The predicted molar refractivity (Wildman–Crippen MR) is 88.4 cm³/mol. The zero-order valence-electron chi connectivity index (χ0n) is 12.2. The Morgan fingerprint density at radius 1 is 1.25 bits per heavy atom. The van der Waals surface area contributed by atoms with E-state index < -0.39 is 0 Å². The van der Waals surface area contributed by atoms with E-state index in [-0.39, 0.29) is 5.91 Å². The minimum Gasteiger partial charge on any atom is -0.354 e. The number of carbonyl (C=O) groups is 1. The molecule has 0 saturated heterocycles. The summed E-state index contributed by atoms with van der Waals surface area (Å²) in [5.41, 5.74) is 1.19. The van der Waals surface area contributed by atoms with Gasteiger partial charge in [0, 0.05) is 23.9 Å². The number of thioether (sulfide) groups is 1. The molecule has 0 radical (unpaired) electrons. The van der Waals surface area contributed by atoms with Gasteiger partial charge in [0.2, 0.25) is 5.91 Å². The monoisotopic (exact) mass is 314 g/mol. The summed E-state index contributed by atoms with van der Waals surface area (Å²) in [6.45, 7) is 7.96. The van der Waals surface area contributed by atoms with Crippen LogP contribution in [0, 0.1) is 0 Å². The van der Waals surface area contributed by atoms with Crippen LogP contribution >= 0.6 is 23.4 Å². The third-order valence-electron chi connectivity index (χ3n) is 3.06. The van der Waals surface area contributed by atoms with Gasteiger partial charge in [-0.05, 0) is 30.8 Å². The van der Waals surface area contributed by atoms with E-state index in [0.717, 1.165) is 37.0 Å². The largest absolute Gasteiger partial charge is 0.354 e. The van der Waals surface area contributed by atoms with Crippen LogP contribution in [0.5, 0.6) is 0 Å². The number of nitrogens with zero attached hydrogens (tertiary/aromatic N) is 1. The maximum absolute atomic E-state index is 11.7. The summed E-state index contributed by atoms with van der Waals surface area (Å²) in [6.07, 6.45) is 0. The Balaban J connectivity index is 2.12. The van der Waals surface area contributed by atoms with Crippen molar-refractivity contribution in [2.75, 3.05) is 31.9 Å². The molecular weight excluding hydrogens is 292 g/mol. The molecule has 5 heteroatoms. The topological polar surface area (TPSA) is 32.3 Å². The van der Waals surface area contributed by atoms with Crippen LogP contribution in [0.2, 0.25) is 5.02 Å². The summed E-state index contributed by atoms with van der Waals surface area (Å²) in [4.78, 5) is 14.0. The number of halogens is 1. The van der Waals surface area contributed by atoms with Crippen LogP contribution < -0.4 is 5.32 Å². The highest BCUT2D eigenvalue weighted by atomic mass is 35.5. The van der Waals surface area contributed by atoms with E-state index in [2.05, 4.69) is 24.1 Å². The molecule has 0 fully saturated rings. The van der Waals surface area contributed by atoms with Crippen molar-refractivity contribution in [1.29, 1.82) is 0 Å². The maximum atomic E-state index is 11.7. The molecule has 112 valence electrons. The average molecular weight is 315 g/mol. The first-order valence-electron chi connectivity index (χ1n) is 6.97. The van der Waals surface area contributed by atoms with Crippen molar-refractivity contribution in [3.05, 3.63) is 34.9 Å². The zero-order valence-corrected chi connectivity index (χ0v) is 13.8. The molecule has 1 N–H and O–H groups in total. The Bertz CT molecular complexity index is 393. The normalized spacial score (nSPS) is 10.8. The second-order valence-corrected chi connectivity index (χ2v) is 5.92. The van der Waals surface area contributed by atoms with Gasteiger partial charge in [-0.1, -0.05) is 37.6 Å². The highest BCUT2D eigenvalue weighted by Gasteiger charge is 2.03. The molecule has 0 bridgehead atoms. The van der Waals surface area contributed by atoms with Gasteiger partial charge in [-0.2, -0.15) is 0 Å². The minimum absolute atomic E-state index is 0.108. The highest BCUT2D eigenvalue weighted by Crippen LogP contribution is 2.15. The van der Waals surface area contributed by atoms with Gasteiger partial charge in [0.25, 0.3) is 0 Å². The third kappa shape index (κ3) is 7.17. The Morgan fingerprint density at radius 2 is 1.90 bits per heavy atom. The van der Waals surface area contributed by atoms with E-state index in [0.29, 0.717) is 5.75 Å². The van der Waals surface area contributed by atoms with Crippen LogP contribution in [0.1, 0.15) is 19.4 Å². The molecule has 1 amide bonds. The van der Waals surface area contributed by atoms with Crippen LogP contribution in [0.4, 0.5) is 0 Å². The molecule has 0 heterocycles. The fourth-order valence-electron chi connectivity index (χ4n) is 1.79. The fraction of sp³-hybridized carbons (Fsp3) is 0.533. The summed E-state index contributed by atoms with van der Waals surface area (Å²) in [5, 5.41) is 3.70. The average Bonchev–Trinajstić information content (AvgIpc) is 2.46. The third-order valence-corrected chi connectivity index (χ3v) is 4.32. The first-order valence-corrected chi connectivity index (χ1v) is 8.50. The molecule has 0 atom stereocenters. The van der Waals surface area contributed by atoms with Gasteiger partial charge in [-0.3, -0.25) is 4.79 Å². The SMILES string of the molecule is CCN(CC)CCNC(=O)CSCc1ccc(Cl)cc1. The Hall–Kier alpha value is -0.710. The maximum Gasteiger partial charge on any atom is 0.230 e. The van der Waals surface area contributed by atoms with Gasteiger partial charge in [-0.15, -0.1) is 11.8 Å². The van der Waals surface area contributed by atoms with E-state index >= 15 is 0 Å². The lowest BCUT2D eigenvalue weighted by molar-refractivity contribution is -0.118. The number of amides is 1. The summed E-state index contributed by atoms with van der Waals surface area (Å²) >= 11 is 7.45. The van der Waals surface area contributed by atoms with Crippen LogP contribution in [-0.2, 0) is 10.5 Å². The molecule has 0 spiro atoms. The number of hydrogen-bond donors (Lipinski definition) is 1. The molecular formula is C15H23ClN2OS. The zero-order chi connectivity index (χ0) is 14.8. The molecule has 0 aliphatic heterocycles. The lowest BCUT2D eigenvalue weighted by Crippen LogP contribution is -2.35. The standard InChI is InChI=1S/C15H23ClN2OS/c1-3-18(4-2)10-9-17-15(19)12-20-11-13-5-7-14(16)8-6-13/h5-8H,3-4,9-12H2,1-2H3,(H,17,19). The van der Waals surface area contributed by atoms with E-state index in [1.54, 1.807) is 11.8 Å². The van der Waals surface area contributed by atoms with E-state index in [9.17, 15) is 4.79 Å². The number of hydrogen-bond acceptors (Lipinski definition) is 3. The molecule has 0 saturated carbocycles. The van der Waals surface area contributed by atoms with Crippen molar-refractivity contribution in [2.45, 2.75) is 19.6 Å². The van der Waals surface area contributed by atoms with Crippen molar-refractivity contribution >= 4 is 29.3 Å². The van der Waals surface area contributed by atoms with Gasteiger partial charge in [0.15, 0.2) is 0 Å². The number of benzene rings is 1. The van der Waals surface area contributed by atoms with Gasteiger partial charge in [0.05, 0.1) is 5.75 Å². The van der Waals surface area contributed by atoms with Crippen LogP contribution in [-0.4, -0.2) is 42.7 Å². The summed E-state index contributed by atoms with van der Waals surface area (Å²) < 4.78 is 0. The quantitative estimate of drug-likeness (QED) is 0.760. The fourth-order valence-corrected chi connectivity index (χ4v) is 2.73. The van der Waals surface area contributed by atoms with E-state index in [4.69, 9.17) is 11.6 Å². The Kier molecular flexibility index (Phi) is 8.74. The van der Waals surface area contributed by atoms with Gasteiger partial charge >= 0.3 is 0 Å². The lowest BCUT2D eigenvalue weighted by atomic mass is 10.2. The second-order valence-electron chi connectivity index (χ2n) is 4.50. The van der Waals surface area contributed by atoms with Crippen molar-refractivity contribution in [3.63, 3.8) is 0 Å². The Morgan fingerprint density at radius 3 is 2.50 bits per heavy atom. The van der Waals surface area contributed by atoms with Crippen molar-refractivity contribution < 1.29 is 4.79 Å². The van der Waals surface area contributed by atoms with Crippen LogP contribution in [0.3, 0.4) is 0 Å². The van der Waals surface area contributed by atoms with Crippen molar-refractivity contribution in [2.24, 2.45) is 0 Å². The molecule has 0 aliphatic rings. The first kappa shape index (κ1) is 17.3. The molecule has 1 aromatic carbocycles. The molecule has 20 heavy (non-hydrogen) atoms. The van der Waals surface area contributed by atoms with Gasteiger partial charge in [0.1, 0.15) is 0 Å². The molecule has 0 aromatic heterocycles. The summed E-state index contributed by atoms with van der Waals surface area (Å²) in [7, 11) is 0. The van der Waals surface area contributed by atoms with E-state index in [1.807, 2.05) is 24.3 Å². The number of likely N-dealkylation sites (N-methyl/N-ethyl adjacent to an activating group) is 1. The van der Waals surface area contributed by atoms with Gasteiger partial charge < -0.3 is 10.2 Å².